The zero-order valence-corrected chi connectivity index (χ0v) is 11.1. The van der Waals surface area contributed by atoms with Crippen LogP contribution in [0.1, 0.15) is 26.0 Å². The van der Waals surface area contributed by atoms with Gasteiger partial charge in [-0.25, -0.2) is 4.98 Å². The van der Waals surface area contributed by atoms with Crippen LogP contribution in [0.3, 0.4) is 0 Å². The van der Waals surface area contributed by atoms with Crippen molar-refractivity contribution in [3.05, 3.63) is 35.3 Å². The zero-order valence-electron chi connectivity index (χ0n) is 10.3. The molecule has 1 heterocycles. The fourth-order valence-corrected chi connectivity index (χ4v) is 2.55. The van der Waals surface area contributed by atoms with Gasteiger partial charge in [0.1, 0.15) is 10.8 Å². The van der Waals surface area contributed by atoms with Crippen LogP contribution >= 0.6 is 11.3 Å². The summed E-state index contributed by atoms with van der Waals surface area (Å²) >= 11 is 1.70. The average Bonchev–Trinajstić information content (AvgIpc) is 2.79. The molecule has 0 spiro atoms. The van der Waals surface area contributed by atoms with Crippen LogP contribution < -0.4 is 4.74 Å². The average molecular weight is 247 g/mol. The van der Waals surface area contributed by atoms with Gasteiger partial charge in [0.2, 0.25) is 0 Å². The topological polar surface area (TPSA) is 22.1 Å². The second-order valence-electron chi connectivity index (χ2n) is 3.85. The van der Waals surface area contributed by atoms with Crippen LogP contribution in [-0.2, 0) is 6.42 Å². The van der Waals surface area contributed by atoms with E-state index in [9.17, 15) is 0 Å². The van der Waals surface area contributed by atoms with Crippen LogP contribution in [0, 0.1) is 0 Å². The summed E-state index contributed by atoms with van der Waals surface area (Å²) < 4.78 is 5.50. The van der Waals surface area contributed by atoms with Crippen molar-refractivity contribution in [3.8, 4) is 16.3 Å². The third-order valence-corrected chi connectivity index (χ3v) is 3.39. The first kappa shape index (κ1) is 12.1. The van der Waals surface area contributed by atoms with E-state index in [0.29, 0.717) is 6.61 Å². The summed E-state index contributed by atoms with van der Waals surface area (Å²) in [5.41, 5.74) is 2.33. The molecule has 1 aromatic carbocycles. The number of hydrogen-bond acceptors (Lipinski definition) is 3. The minimum atomic E-state index is 0.697. The molecule has 1 aromatic heterocycles. The van der Waals surface area contributed by atoms with Gasteiger partial charge in [-0.15, -0.1) is 11.3 Å². The minimum absolute atomic E-state index is 0.697. The highest BCUT2D eigenvalue weighted by molar-refractivity contribution is 7.13. The summed E-state index contributed by atoms with van der Waals surface area (Å²) in [6.45, 7) is 4.87. The summed E-state index contributed by atoms with van der Waals surface area (Å²) in [7, 11) is 0. The molecule has 3 heteroatoms. The number of nitrogens with zero attached hydrogens (tertiary/aromatic N) is 1. The molecule has 2 rings (SSSR count). The van der Waals surface area contributed by atoms with Crippen molar-refractivity contribution in [3.63, 3.8) is 0 Å². The van der Waals surface area contributed by atoms with E-state index in [1.807, 2.05) is 19.1 Å². The Morgan fingerprint density at radius 1 is 1.29 bits per heavy atom. The Morgan fingerprint density at radius 2 is 2.18 bits per heavy atom. The SMILES string of the molecule is CCCc1csc(-c2cccc(OCC)c2)n1. The fourth-order valence-electron chi connectivity index (χ4n) is 1.70. The van der Waals surface area contributed by atoms with Gasteiger partial charge < -0.3 is 4.74 Å². The van der Waals surface area contributed by atoms with E-state index in [1.165, 1.54) is 5.69 Å². The molecule has 0 unspecified atom stereocenters. The van der Waals surface area contributed by atoms with Crippen LogP contribution in [0.4, 0.5) is 0 Å². The molecule has 0 aliphatic heterocycles. The van der Waals surface area contributed by atoms with E-state index >= 15 is 0 Å². The van der Waals surface area contributed by atoms with Crippen LogP contribution in [-0.4, -0.2) is 11.6 Å². The number of rotatable bonds is 5. The van der Waals surface area contributed by atoms with Gasteiger partial charge in [-0.2, -0.15) is 0 Å². The van der Waals surface area contributed by atoms with Crippen molar-refractivity contribution in [2.75, 3.05) is 6.61 Å². The normalized spacial score (nSPS) is 10.5. The summed E-state index contributed by atoms with van der Waals surface area (Å²) in [6, 6.07) is 8.13. The Labute approximate surface area is 106 Å². The molecule has 2 aromatic rings. The Kier molecular flexibility index (Phi) is 4.15. The predicted octanol–water partition coefficient (Wildman–Crippen LogP) is 4.16. The molecule has 0 saturated heterocycles. The van der Waals surface area contributed by atoms with Gasteiger partial charge in [0.25, 0.3) is 0 Å². The Morgan fingerprint density at radius 3 is 2.94 bits per heavy atom. The van der Waals surface area contributed by atoms with E-state index in [-0.39, 0.29) is 0 Å². The van der Waals surface area contributed by atoms with Gasteiger partial charge >= 0.3 is 0 Å². The number of ether oxygens (including phenoxy) is 1. The summed E-state index contributed by atoms with van der Waals surface area (Å²) in [6.07, 6.45) is 2.20. The van der Waals surface area contributed by atoms with Crippen molar-refractivity contribution in [2.24, 2.45) is 0 Å². The molecule has 2 nitrogen and oxygen atoms in total. The summed E-state index contributed by atoms with van der Waals surface area (Å²) in [5.74, 6) is 0.914. The molecule has 0 saturated carbocycles. The second kappa shape index (κ2) is 5.82. The first-order chi connectivity index (χ1) is 8.33. The highest BCUT2D eigenvalue weighted by Gasteiger charge is 2.05. The molecule has 0 atom stereocenters. The molecular weight excluding hydrogens is 230 g/mol. The highest BCUT2D eigenvalue weighted by atomic mass is 32.1. The summed E-state index contributed by atoms with van der Waals surface area (Å²) in [5, 5.41) is 3.22. The van der Waals surface area contributed by atoms with Gasteiger partial charge in [-0.05, 0) is 25.5 Å². The predicted molar refractivity (Wildman–Crippen MR) is 72.7 cm³/mol. The van der Waals surface area contributed by atoms with Crippen LogP contribution in [0.2, 0.25) is 0 Å². The minimum Gasteiger partial charge on any atom is -0.494 e. The smallest absolute Gasteiger partial charge is 0.123 e. The second-order valence-corrected chi connectivity index (χ2v) is 4.71. The Bertz CT molecular complexity index is 479. The van der Waals surface area contributed by atoms with Gasteiger partial charge in [-0.3, -0.25) is 0 Å². The Balaban J connectivity index is 2.22. The van der Waals surface area contributed by atoms with E-state index in [4.69, 9.17) is 4.74 Å². The largest absolute Gasteiger partial charge is 0.494 e. The maximum Gasteiger partial charge on any atom is 0.123 e. The molecule has 0 N–H and O–H groups in total. The van der Waals surface area contributed by atoms with Crippen molar-refractivity contribution >= 4 is 11.3 Å². The molecule has 17 heavy (non-hydrogen) atoms. The molecule has 0 aliphatic carbocycles. The summed E-state index contributed by atoms with van der Waals surface area (Å²) in [4.78, 5) is 4.63. The molecule has 0 radical (unpaired) electrons. The molecule has 0 amide bonds. The fraction of sp³-hybridized carbons (Fsp3) is 0.357. The van der Waals surface area contributed by atoms with Crippen molar-refractivity contribution in [1.82, 2.24) is 4.98 Å². The van der Waals surface area contributed by atoms with Crippen LogP contribution in [0.5, 0.6) is 5.75 Å². The van der Waals surface area contributed by atoms with Crippen molar-refractivity contribution < 1.29 is 4.74 Å². The van der Waals surface area contributed by atoms with E-state index in [0.717, 1.165) is 29.2 Å². The van der Waals surface area contributed by atoms with Gasteiger partial charge in [0.05, 0.1) is 12.3 Å². The lowest BCUT2D eigenvalue weighted by Crippen LogP contribution is -1.91. The van der Waals surface area contributed by atoms with Gasteiger partial charge in [0.15, 0.2) is 0 Å². The third kappa shape index (κ3) is 3.07. The van der Waals surface area contributed by atoms with Crippen LogP contribution in [0.15, 0.2) is 29.6 Å². The third-order valence-electron chi connectivity index (χ3n) is 2.45. The molecule has 0 bridgehead atoms. The highest BCUT2D eigenvalue weighted by Crippen LogP contribution is 2.27. The lowest BCUT2D eigenvalue weighted by Gasteiger charge is -2.03. The van der Waals surface area contributed by atoms with E-state index in [2.05, 4.69) is 29.4 Å². The van der Waals surface area contributed by atoms with Crippen molar-refractivity contribution in [2.45, 2.75) is 26.7 Å². The first-order valence-electron chi connectivity index (χ1n) is 6.01. The van der Waals surface area contributed by atoms with Crippen LogP contribution in [0.25, 0.3) is 10.6 Å². The lowest BCUT2D eigenvalue weighted by atomic mass is 10.2. The quantitative estimate of drug-likeness (QED) is 0.791. The molecule has 0 aliphatic rings. The molecule has 90 valence electrons. The van der Waals surface area contributed by atoms with Gasteiger partial charge in [0, 0.05) is 10.9 Å². The van der Waals surface area contributed by atoms with E-state index < -0.39 is 0 Å². The monoisotopic (exact) mass is 247 g/mol. The Hall–Kier alpha value is -1.35. The maximum atomic E-state index is 5.50. The lowest BCUT2D eigenvalue weighted by molar-refractivity contribution is 0.340. The van der Waals surface area contributed by atoms with E-state index in [1.54, 1.807) is 11.3 Å². The molecule has 0 fully saturated rings. The molecular formula is C14H17NOS. The number of thiazole rings is 1. The number of benzene rings is 1. The standard InChI is InChI=1S/C14H17NOS/c1-3-6-12-10-17-14(15-12)11-7-5-8-13(9-11)16-4-2/h5,7-10H,3-4,6H2,1-2H3. The number of aromatic nitrogens is 1. The zero-order chi connectivity index (χ0) is 12.1. The number of aryl methyl sites for hydroxylation is 1. The number of hydrogen-bond donors (Lipinski definition) is 0. The maximum absolute atomic E-state index is 5.50. The van der Waals surface area contributed by atoms with Crippen molar-refractivity contribution in [1.29, 1.82) is 0 Å². The van der Waals surface area contributed by atoms with Gasteiger partial charge in [-0.1, -0.05) is 25.5 Å². The first-order valence-corrected chi connectivity index (χ1v) is 6.89.